The molecule has 1 aromatic carbocycles. The highest BCUT2D eigenvalue weighted by molar-refractivity contribution is 7.98. The summed E-state index contributed by atoms with van der Waals surface area (Å²) in [7, 11) is -3.90. The Morgan fingerprint density at radius 3 is 2.71 bits per heavy atom. The zero-order valence-electron chi connectivity index (χ0n) is 7.43. The molecule has 1 N–H and O–H groups in total. The van der Waals surface area contributed by atoms with Crippen molar-refractivity contribution in [3.63, 3.8) is 0 Å². The molecule has 1 aliphatic rings. The van der Waals surface area contributed by atoms with Crippen LogP contribution in [0.1, 0.15) is 16.7 Å². The first-order valence-electron chi connectivity index (χ1n) is 4.18. The normalized spacial score (nSPS) is 15.5. The van der Waals surface area contributed by atoms with Gasteiger partial charge in [-0.05, 0) is 16.7 Å². The summed E-state index contributed by atoms with van der Waals surface area (Å²) in [6.07, 6.45) is 0. The molecule has 1 aromatic rings. The van der Waals surface area contributed by atoms with Crippen LogP contribution in [-0.2, 0) is 27.4 Å². The number of hydrogen-bond acceptors (Lipinski definition) is 3. The van der Waals surface area contributed by atoms with Crippen molar-refractivity contribution < 1.29 is 13.0 Å². The summed E-state index contributed by atoms with van der Waals surface area (Å²) in [5, 5.41) is 0. The molecule has 0 amide bonds. The van der Waals surface area contributed by atoms with Gasteiger partial charge in [-0.3, -0.25) is 4.55 Å². The summed E-state index contributed by atoms with van der Waals surface area (Å²) in [5.74, 6) is 1.65. The Labute approximate surface area is 87.3 Å². The van der Waals surface area contributed by atoms with Gasteiger partial charge in [-0.2, -0.15) is 20.2 Å². The van der Waals surface area contributed by atoms with E-state index in [1.807, 2.05) is 23.9 Å². The van der Waals surface area contributed by atoms with Gasteiger partial charge in [0.25, 0.3) is 10.1 Å². The van der Waals surface area contributed by atoms with Gasteiger partial charge in [0.15, 0.2) is 0 Å². The van der Waals surface area contributed by atoms with E-state index in [1.54, 1.807) is 6.07 Å². The standard InChI is InChI=1S/C9H10O3S2/c10-14(11,12)6-7-1-2-8-4-13-5-9(8)3-7/h1-3H,4-6H2,(H,10,11,12). The van der Waals surface area contributed by atoms with E-state index in [-0.39, 0.29) is 5.75 Å². The highest BCUT2D eigenvalue weighted by Gasteiger charge is 2.13. The van der Waals surface area contributed by atoms with Crippen LogP contribution in [0.25, 0.3) is 0 Å². The molecule has 0 aliphatic carbocycles. The lowest BCUT2D eigenvalue weighted by molar-refractivity contribution is 0.482. The predicted octanol–water partition coefficient (Wildman–Crippen LogP) is 1.82. The highest BCUT2D eigenvalue weighted by Crippen LogP contribution is 2.30. The molecule has 0 atom stereocenters. The maximum atomic E-state index is 10.7. The van der Waals surface area contributed by atoms with Crippen molar-refractivity contribution in [2.24, 2.45) is 0 Å². The number of fused-ring (bicyclic) bond motifs is 1. The zero-order chi connectivity index (χ0) is 10.2. The highest BCUT2D eigenvalue weighted by atomic mass is 32.2. The van der Waals surface area contributed by atoms with Crippen molar-refractivity contribution in [2.75, 3.05) is 0 Å². The van der Waals surface area contributed by atoms with E-state index in [4.69, 9.17) is 4.55 Å². The molecule has 76 valence electrons. The minimum atomic E-state index is -3.90. The van der Waals surface area contributed by atoms with Gasteiger partial charge >= 0.3 is 0 Å². The molecule has 0 fully saturated rings. The summed E-state index contributed by atoms with van der Waals surface area (Å²) in [4.78, 5) is 0. The molecule has 0 spiro atoms. The summed E-state index contributed by atoms with van der Waals surface area (Å²) >= 11 is 1.82. The van der Waals surface area contributed by atoms with Crippen LogP contribution in [0.2, 0.25) is 0 Å². The van der Waals surface area contributed by atoms with Crippen molar-refractivity contribution in [3.8, 4) is 0 Å². The number of benzene rings is 1. The quantitative estimate of drug-likeness (QED) is 0.787. The summed E-state index contributed by atoms with van der Waals surface area (Å²) < 4.78 is 30.0. The summed E-state index contributed by atoms with van der Waals surface area (Å²) in [5.41, 5.74) is 3.12. The van der Waals surface area contributed by atoms with Crippen LogP contribution in [0.15, 0.2) is 18.2 Å². The third-order valence-corrected chi connectivity index (χ3v) is 3.86. The Kier molecular flexibility index (Phi) is 2.55. The molecular formula is C9H10O3S2. The molecule has 0 bridgehead atoms. The van der Waals surface area contributed by atoms with Crippen LogP contribution >= 0.6 is 11.8 Å². The van der Waals surface area contributed by atoms with Crippen LogP contribution in [-0.4, -0.2) is 13.0 Å². The van der Waals surface area contributed by atoms with E-state index < -0.39 is 10.1 Å². The Balaban J connectivity index is 2.29. The SMILES string of the molecule is O=S(=O)(O)Cc1ccc2c(c1)CSC2. The molecule has 0 radical (unpaired) electrons. The third kappa shape index (κ3) is 2.29. The lowest BCUT2D eigenvalue weighted by atomic mass is 10.1. The molecule has 1 aliphatic heterocycles. The Hall–Kier alpha value is -0.520. The van der Waals surface area contributed by atoms with E-state index in [2.05, 4.69) is 0 Å². The first kappa shape index (κ1) is 10.0. The van der Waals surface area contributed by atoms with Gasteiger partial charge in [-0.25, -0.2) is 0 Å². The maximum Gasteiger partial charge on any atom is 0.269 e. The second-order valence-corrected chi connectivity index (χ2v) is 5.76. The van der Waals surface area contributed by atoms with Gasteiger partial charge < -0.3 is 0 Å². The molecule has 3 nitrogen and oxygen atoms in total. The van der Waals surface area contributed by atoms with Gasteiger partial charge in [0.05, 0.1) is 0 Å². The number of hydrogen-bond donors (Lipinski definition) is 1. The molecular weight excluding hydrogens is 220 g/mol. The fourth-order valence-electron chi connectivity index (χ4n) is 1.53. The van der Waals surface area contributed by atoms with Crippen molar-refractivity contribution in [1.29, 1.82) is 0 Å². The summed E-state index contributed by atoms with van der Waals surface area (Å²) in [6, 6.07) is 5.57. The topological polar surface area (TPSA) is 54.4 Å². The smallest absolute Gasteiger partial charge is 0.269 e. The average Bonchev–Trinajstić information content (AvgIpc) is 2.47. The van der Waals surface area contributed by atoms with Gasteiger partial charge in [0.2, 0.25) is 0 Å². The first-order chi connectivity index (χ1) is 6.54. The van der Waals surface area contributed by atoms with Crippen LogP contribution in [0, 0.1) is 0 Å². The fraction of sp³-hybridized carbons (Fsp3) is 0.333. The van der Waals surface area contributed by atoms with Crippen molar-refractivity contribution >= 4 is 21.9 Å². The summed E-state index contributed by atoms with van der Waals surface area (Å²) in [6.45, 7) is 0. The molecule has 0 saturated heterocycles. The molecule has 2 rings (SSSR count). The lowest BCUT2D eigenvalue weighted by Crippen LogP contribution is -2.02. The van der Waals surface area contributed by atoms with Gasteiger partial charge in [-0.15, -0.1) is 0 Å². The fourth-order valence-corrected chi connectivity index (χ4v) is 3.22. The average molecular weight is 230 g/mol. The minimum Gasteiger partial charge on any atom is -0.285 e. The lowest BCUT2D eigenvalue weighted by Gasteiger charge is -2.02. The number of thioether (sulfide) groups is 1. The van der Waals surface area contributed by atoms with Crippen LogP contribution in [0.3, 0.4) is 0 Å². The van der Waals surface area contributed by atoms with Crippen LogP contribution in [0.5, 0.6) is 0 Å². The Morgan fingerprint density at radius 1 is 1.29 bits per heavy atom. The molecule has 0 aromatic heterocycles. The van der Waals surface area contributed by atoms with Crippen LogP contribution in [0.4, 0.5) is 0 Å². The molecule has 5 heteroatoms. The second kappa shape index (κ2) is 3.56. The molecule has 1 heterocycles. The third-order valence-electron chi connectivity index (χ3n) is 2.13. The number of rotatable bonds is 2. The van der Waals surface area contributed by atoms with E-state index in [9.17, 15) is 8.42 Å². The Morgan fingerprint density at radius 2 is 2.00 bits per heavy atom. The predicted molar refractivity (Wildman–Crippen MR) is 56.7 cm³/mol. The largest absolute Gasteiger partial charge is 0.285 e. The molecule has 0 saturated carbocycles. The van der Waals surface area contributed by atoms with Gasteiger partial charge in [-0.1, -0.05) is 18.2 Å². The van der Waals surface area contributed by atoms with Crippen LogP contribution < -0.4 is 0 Å². The van der Waals surface area contributed by atoms with Crippen molar-refractivity contribution in [1.82, 2.24) is 0 Å². The van der Waals surface area contributed by atoms with E-state index >= 15 is 0 Å². The monoisotopic (exact) mass is 230 g/mol. The van der Waals surface area contributed by atoms with E-state index in [1.165, 1.54) is 11.1 Å². The van der Waals surface area contributed by atoms with Gasteiger partial charge in [0.1, 0.15) is 5.75 Å². The van der Waals surface area contributed by atoms with Gasteiger partial charge in [0, 0.05) is 11.5 Å². The Bertz CT molecular complexity index is 451. The minimum absolute atomic E-state index is 0.287. The van der Waals surface area contributed by atoms with Crippen molar-refractivity contribution in [2.45, 2.75) is 17.3 Å². The second-order valence-electron chi connectivity index (χ2n) is 3.32. The molecule has 14 heavy (non-hydrogen) atoms. The van der Waals surface area contributed by atoms with Crippen molar-refractivity contribution in [3.05, 3.63) is 34.9 Å². The van der Waals surface area contributed by atoms with E-state index in [0.29, 0.717) is 5.56 Å². The molecule has 0 unspecified atom stereocenters. The first-order valence-corrected chi connectivity index (χ1v) is 6.94. The maximum absolute atomic E-state index is 10.7. The van der Waals surface area contributed by atoms with E-state index in [0.717, 1.165) is 11.5 Å². The zero-order valence-corrected chi connectivity index (χ0v) is 9.07.